The molecular formula is C14H22N2O2S3. The molecule has 21 heavy (non-hydrogen) atoms. The summed E-state index contributed by atoms with van der Waals surface area (Å²) in [7, 11) is 0. The minimum Gasteiger partial charge on any atom is -0.459 e. The first-order valence-corrected chi connectivity index (χ1v) is 9.86. The van der Waals surface area contributed by atoms with Crippen LogP contribution in [-0.4, -0.2) is 33.8 Å². The number of aromatic nitrogens is 2. The lowest BCUT2D eigenvalue weighted by Gasteiger charge is -2.09. The number of unbranched alkanes of at least 4 members (excludes halogenated alkanes) is 3. The van der Waals surface area contributed by atoms with E-state index in [1.165, 1.54) is 31.8 Å². The summed E-state index contributed by atoms with van der Waals surface area (Å²) in [5.41, 5.74) is 0. The standard InChI is InChI=1S/C14H22N2O2S3/c1-4-6-7-8-9-19-13-15-16-14(21-13)20-10-11(3)18-12(17)5-2/h5,11H,2,4,6-10H2,1,3H3. The van der Waals surface area contributed by atoms with E-state index in [0.29, 0.717) is 5.75 Å². The Balaban J connectivity index is 2.22. The molecular weight excluding hydrogens is 324 g/mol. The number of rotatable bonds is 11. The Hall–Kier alpha value is -0.530. The van der Waals surface area contributed by atoms with Crippen molar-refractivity contribution in [3.8, 4) is 0 Å². The molecule has 0 aliphatic rings. The van der Waals surface area contributed by atoms with E-state index in [9.17, 15) is 4.79 Å². The quantitative estimate of drug-likeness (QED) is 0.256. The molecule has 1 unspecified atom stereocenters. The number of carbonyl (C=O) groups excluding carboxylic acids is 1. The molecule has 118 valence electrons. The number of nitrogens with zero attached hydrogens (tertiary/aromatic N) is 2. The largest absolute Gasteiger partial charge is 0.459 e. The highest BCUT2D eigenvalue weighted by Gasteiger charge is 2.10. The maximum absolute atomic E-state index is 11.1. The molecule has 0 spiro atoms. The van der Waals surface area contributed by atoms with Crippen molar-refractivity contribution in [3.05, 3.63) is 12.7 Å². The number of carbonyl (C=O) groups is 1. The first-order valence-electron chi connectivity index (χ1n) is 7.07. The molecule has 0 bridgehead atoms. The lowest BCUT2D eigenvalue weighted by Crippen LogP contribution is -2.15. The predicted molar refractivity (Wildman–Crippen MR) is 91.3 cm³/mol. The van der Waals surface area contributed by atoms with Gasteiger partial charge in [-0.2, -0.15) is 0 Å². The Morgan fingerprint density at radius 2 is 2.05 bits per heavy atom. The van der Waals surface area contributed by atoms with Gasteiger partial charge in [-0.15, -0.1) is 10.2 Å². The zero-order valence-corrected chi connectivity index (χ0v) is 15.0. The zero-order valence-electron chi connectivity index (χ0n) is 12.5. The molecule has 1 aromatic heterocycles. The van der Waals surface area contributed by atoms with E-state index < -0.39 is 0 Å². The van der Waals surface area contributed by atoms with Crippen LogP contribution in [0.5, 0.6) is 0 Å². The second-order valence-corrected chi connectivity index (χ2v) is 8.09. The summed E-state index contributed by atoms with van der Waals surface area (Å²) in [6.45, 7) is 7.45. The average molecular weight is 347 g/mol. The topological polar surface area (TPSA) is 52.1 Å². The molecule has 0 saturated heterocycles. The average Bonchev–Trinajstić information content (AvgIpc) is 2.92. The third kappa shape index (κ3) is 8.48. The van der Waals surface area contributed by atoms with Gasteiger partial charge in [-0.25, -0.2) is 4.79 Å². The Morgan fingerprint density at radius 1 is 1.33 bits per heavy atom. The van der Waals surface area contributed by atoms with Gasteiger partial charge in [0.15, 0.2) is 8.68 Å². The van der Waals surface area contributed by atoms with Crippen molar-refractivity contribution in [2.24, 2.45) is 0 Å². The summed E-state index contributed by atoms with van der Waals surface area (Å²) in [6, 6.07) is 0. The van der Waals surface area contributed by atoms with Crippen molar-refractivity contribution >= 4 is 40.8 Å². The highest BCUT2D eigenvalue weighted by molar-refractivity contribution is 8.03. The molecule has 0 N–H and O–H groups in total. The molecule has 0 saturated carbocycles. The fourth-order valence-corrected chi connectivity index (χ4v) is 4.51. The van der Waals surface area contributed by atoms with Gasteiger partial charge in [0.2, 0.25) is 0 Å². The third-order valence-electron chi connectivity index (χ3n) is 2.54. The third-order valence-corrected chi connectivity index (χ3v) is 6.04. The van der Waals surface area contributed by atoms with Crippen LogP contribution in [0, 0.1) is 0 Å². The summed E-state index contributed by atoms with van der Waals surface area (Å²) in [5, 5.41) is 8.33. The summed E-state index contributed by atoms with van der Waals surface area (Å²) >= 11 is 4.95. The zero-order chi connectivity index (χ0) is 15.5. The molecule has 0 aromatic carbocycles. The molecule has 4 nitrogen and oxygen atoms in total. The first-order chi connectivity index (χ1) is 10.2. The van der Waals surface area contributed by atoms with Crippen molar-refractivity contribution in [1.82, 2.24) is 10.2 Å². The van der Waals surface area contributed by atoms with Crippen LogP contribution in [0.1, 0.15) is 39.5 Å². The van der Waals surface area contributed by atoms with Crippen LogP contribution in [0.3, 0.4) is 0 Å². The van der Waals surface area contributed by atoms with E-state index in [0.717, 1.165) is 14.4 Å². The minimum atomic E-state index is -0.385. The lowest BCUT2D eigenvalue weighted by molar-refractivity contribution is -0.141. The van der Waals surface area contributed by atoms with Crippen LogP contribution in [-0.2, 0) is 9.53 Å². The number of hydrogen-bond acceptors (Lipinski definition) is 7. The van der Waals surface area contributed by atoms with E-state index in [1.54, 1.807) is 34.9 Å². The number of ether oxygens (including phenoxy) is 1. The van der Waals surface area contributed by atoms with Gasteiger partial charge in [-0.05, 0) is 13.3 Å². The fourth-order valence-electron chi connectivity index (χ4n) is 1.47. The van der Waals surface area contributed by atoms with E-state index in [2.05, 4.69) is 23.7 Å². The fraction of sp³-hybridized carbons (Fsp3) is 0.643. The molecule has 0 aliphatic heterocycles. The van der Waals surface area contributed by atoms with Crippen LogP contribution in [0.25, 0.3) is 0 Å². The van der Waals surface area contributed by atoms with Crippen LogP contribution < -0.4 is 0 Å². The SMILES string of the molecule is C=CC(=O)OC(C)CSc1nnc(SCCCCCC)s1. The van der Waals surface area contributed by atoms with Crippen molar-refractivity contribution in [2.75, 3.05) is 11.5 Å². The van der Waals surface area contributed by atoms with Crippen molar-refractivity contribution in [3.63, 3.8) is 0 Å². The van der Waals surface area contributed by atoms with Crippen LogP contribution in [0.2, 0.25) is 0 Å². The number of thioether (sulfide) groups is 2. The molecule has 1 aromatic rings. The molecule has 0 aliphatic carbocycles. The Morgan fingerprint density at radius 3 is 2.71 bits per heavy atom. The smallest absolute Gasteiger partial charge is 0.330 e. The first kappa shape index (κ1) is 18.5. The van der Waals surface area contributed by atoms with Crippen molar-refractivity contribution < 1.29 is 9.53 Å². The molecule has 1 heterocycles. The molecule has 1 atom stereocenters. The maximum atomic E-state index is 11.1. The Bertz CT molecular complexity index is 438. The second-order valence-electron chi connectivity index (χ2n) is 4.51. The van der Waals surface area contributed by atoms with Gasteiger partial charge >= 0.3 is 5.97 Å². The normalized spacial score (nSPS) is 12.1. The highest BCUT2D eigenvalue weighted by Crippen LogP contribution is 2.29. The monoisotopic (exact) mass is 346 g/mol. The van der Waals surface area contributed by atoms with Gasteiger partial charge in [0, 0.05) is 17.6 Å². The minimum absolute atomic E-state index is 0.158. The van der Waals surface area contributed by atoms with Gasteiger partial charge in [0.25, 0.3) is 0 Å². The molecule has 1 rings (SSSR count). The van der Waals surface area contributed by atoms with Crippen molar-refractivity contribution in [1.29, 1.82) is 0 Å². The van der Waals surface area contributed by atoms with E-state index in [-0.39, 0.29) is 12.1 Å². The van der Waals surface area contributed by atoms with Gasteiger partial charge in [0.1, 0.15) is 6.10 Å². The van der Waals surface area contributed by atoms with Gasteiger partial charge in [-0.3, -0.25) is 0 Å². The van der Waals surface area contributed by atoms with Gasteiger partial charge < -0.3 is 4.74 Å². The predicted octanol–water partition coefficient (Wildman–Crippen LogP) is 4.42. The second kappa shape index (κ2) is 11.1. The lowest BCUT2D eigenvalue weighted by atomic mass is 10.2. The molecule has 0 fully saturated rings. The maximum Gasteiger partial charge on any atom is 0.330 e. The van der Waals surface area contributed by atoms with E-state index >= 15 is 0 Å². The van der Waals surface area contributed by atoms with Crippen molar-refractivity contribution in [2.45, 2.75) is 54.3 Å². The number of hydrogen-bond donors (Lipinski definition) is 0. The van der Waals surface area contributed by atoms with Crippen LogP contribution in [0.4, 0.5) is 0 Å². The summed E-state index contributed by atoms with van der Waals surface area (Å²) in [5.74, 6) is 1.39. The highest BCUT2D eigenvalue weighted by atomic mass is 32.2. The Labute approximate surface area is 139 Å². The van der Waals surface area contributed by atoms with E-state index in [1.807, 2.05) is 6.92 Å². The summed E-state index contributed by atoms with van der Waals surface area (Å²) in [6.07, 6.45) is 6.11. The molecule has 0 radical (unpaired) electrons. The summed E-state index contributed by atoms with van der Waals surface area (Å²) < 4.78 is 7.05. The van der Waals surface area contributed by atoms with Gasteiger partial charge in [-0.1, -0.05) is 67.6 Å². The summed E-state index contributed by atoms with van der Waals surface area (Å²) in [4.78, 5) is 11.1. The van der Waals surface area contributed by atoms with Crippen LogP contribution in [0.15, 0.2) is 21.3 Å². The van der Waals surface area contributed by atoms with E-state index in [4.69, 9.17) is 4.74 Å². The Kier molecular flexibility index (Phi) is 9.78. The van der Waals surface area contributed by atoms with Gasteiger partial charge in [0.05, 0.1) is 0 Å². The molecule has 0 amide bonds. The number of esters is 1. The molecule has 7 heteroatoms. The van der Waals surface area contributed by atoms with Crippen LogP contribution >= 0.6 is 34.9 Å².